The van der Waals surface area contributed by atoms with Gasteiger partial charge in [0.05, 0.1) is 23.3 Å². The Balaban J connectivity index is 1.63. The van der Waals surface area contributed by atoms with Crippen LogP contribution in [0.2, 0.25) is 0 Å². The van der Waals surface area contributed by atoms with Gasteiger partial charge in [-0.1, -0.05) is 6.92 Å². The van der Waals surface area contributed by atoms with Crippen LogP contribution < -0.4 is 4.90 Å². The number of hydrogen-bond donors (Lipinski definition) is 3. The molecule has 2 atom stereocenters. The highest BCUT2D eigenvalue weighted by Crippen LogP contribution is 2.48. The van der Waals surface area contributed by atoms with Crippen LogP contribution in [0.1, 0.15) is 56.5 Å². The molecule has 4 heterocycles. The number of fused-ring (bicyclic) bond motifs is 3. The van der Waals surface area contributed by atoms with E-state index in [1.54, 1.807) is 6.20 Å². The van der Waals surface area contributed by atoms with E-state index >= 15 is 0 Å². The van der Waals surface area contributed by atoms with E-state index in [1.807, 2.05) is 36.0 Å². The summed E-state index contributed by atoms with van der Waals surface area (Å²) in [7, 11) is -2.49. The van der Waals surface area contributed by atoms with Crippen molar-refractivity contribution in [3.05, 3.63) is 42.0 Å². The molecule has 1 saturated heterocycles. The van der Waals surface area contributed by atoms with Crippen molar-refractivity contribution in [2.45, 2.75) is 64.1 Å². The highest BCUT2D eigenvalue weighted by Gasteiger charge is 2.33. The van der Waals surface area contributed by atoms with Gasteiger partial charge in [-0.3, -0.25) is 18.7 Å². The number of carbonyl (C=O) groups is 1. The molecule has 0 bridgehead atoms. The highest BCUT2D eigenvalue weighted by molar-refractivity contribution is 8.24. The number of aryl methyl sites for hydroxylation is 1. The zero-order chi connectivity index (χ0) is 23.3. The van der Waals surface area contributed by atoms with E-state index in [0.29, 0.717) is 30.9 Å². The average molecular weight is 474 g/mol. The Hall–Kier alpha value is -2.56. The van der Waals surface area contributed by atoms with Gasteiger partial charge in [0.2, 0.25) is 0 Å². The molecule has 2 aliphatic rings. The SMILES string of the molecule is CC(Cn1cccn1)c1nc2c3c(ccc2n1C1CCS(O)(O)CC1)N(C(=O)O)C(C)CC3. The maximum Gasteiger partial charge on any atom is 0.412 e. The lowest BCUT2D eigenvalue weighted by Gasteiger charge is -2.40. The van der Waals surface area contributed by atoms with Crippen LogP contribution in [0.25, 0.3) is 11.0 Å². The summed E-state index contributed by atoms with van der Waals surface area (Å²) in [5, 5.41) is 14.2. The first-order valence-electron chi connectivity index (χ1n) is 11.5. The second-order valence-corrected chi connectivity index (χ2v) is 11.8. The van der Waals surface area contributed by atoms with Crippen molar-refractivity contribution in [3.8, 4) is 0 Å². The topological polar surface area (TPSA) is 117 Å². The molecular formula is C23H31N5O4S. The van der Waals surface area contributed by atoms with Gasteiger partial charge in [0.15, 0.2) is 0 Å². The molecule has 0 saturated carbocycles. The summed E-state index contributed by atoms with van der Waals surface area (Å²) in [6.45, 7) is 4.75. The van der Waals surface area contributed by atoms with Gasteiger partial charge < -0.3 is 9.67 Å². The summed E-state index contributed by atoms with van der Waals surface area (Å²) in [4.78, 5) is 18.6. The van der Waals surface area contributed by atoms with Crippen molar-refractivity contribution in [3.63, 3.8) is 0 Å². The minimum absolute atomic E-state index is 0.0729. The summed E-state index contributed by atoms with van der Waals surface area (Å²) in [5.74, 6) is 1.82. The molecule has 3 aromatic rings. The fourth-order valence-electron chi connectivity index (χ4n) is 5.36. The van der Waals surface area contributed by atoms with Gasteiger partial charge >= 0.3 is 6.09 Å². The van der Waals surface area contributed by atoms with Crippen LogP contribution in [0, 0.1) is 0 Å². The normalized spacial score (nSPS) is 22.8. The number of amides is 1. The van der Waals surface area contributed by atoms with Crippen molar-refractivity contribution in [1.82, 2.24) is 19.3 Å². The van der Waals surface area contributed by atoms with E-state index < -0.39 is 16.7 Å². The van der Waals surface area contributed by atoms with Crippen LogP contribution in [0.4, 0.5) is 10.5 Å². The fraction of sp³-hybridized carbons (Fsp3) is 0.522. The zero-order valence-electron chi connectivity index (χ0n) is 19.0. The van der Waals surface area contributed by atoms with Crippen molar-refractivity contribution in [1.29, 1.82) is 0 Å². The van der Waals surface area contributed by atoms with E-state index in [-0.39, 0.29) is 18.0 Å². The van der Waals surface area contributed by atoms with Crippen LogP contribution in [-0.2, 0) is 13.0 Å². The number of benzene rings is 1. The van der Waals surface area contributed by atoms with Crippen molar-refractivity contribution in [2.24, 2.45) is 0 Å². The fourth-order valence-corrected chi connectivity index (χ4v) is 6.87. The van der Waals surface area contributed by atoms with Crippen molar-refractivity contribution < 1.29 is 19.0 Å². The van der Waals surface area contributed by atoms with Crippen LogP contribution in [0.3, 0.4) is 0 Å². The molecule has 10 heteroatoms. The van der Waals surface area contributed by atoms with Crippen LogP contribution in [0.15, 0.2) is 30.6 Å². The Kier molecular flexibility index (Phi) is 5.62. The molecule has 33 heavy (non-hydrogen) atoms. The third-order valence-corrected chi connectivity index (χ3v) is 8.85. The lowest BCUT2D eigenvalue weighted by molar-refractivity contribution is 0.198. The third-order valence-electron chi connectivity index (χ3n) is 7.07. The molecule has 1 fully saturated rings. The maximum atomic E-state index is 12.0. The van der Waals surface area contributed by atoms with E-state index in [4.69, 9.17) is 4.98 Å². The Morgan fingerprint density at radius 2 is 2.00 bits per heavy atom. The van der Waals surface area contributed by atoms with Crippen LogP contribution >= 0.6 is 10.6 Å². The first-order chi connectivity index (χ1) is 15.7. The molecule has 3 N–H and O–H groups in total. The van der Waals surface area contributed by atoms with E-state index in [1.165, 1.54) is 4.90 Å². The van der Waals surface area contributed by atoms with E-state index in [0.717, 1.165) is 41.0 Å². The molecule has 1 aromatic carbocycles. The number of nitrogens with zero attached hydrogens (tertiary/aromatic N) is 5. The maximum absolute atomic E-state index is 12.0. The monoisotopic (exact) mass is 473 g/mol. The lowest BCUT2D eigenvalue weighted by atomic mass is 9.95. The van der Waals surface area contributed by atoms with Crippen molar-refractivity contribution in [2.75, 3.05) is 16.4 Å². The Bertz CT molecular complexity index is 1170. The minimum atomic E-state index is -2.49. The molecule has 178 valence electrons. The van der Waals surface area contributed by atoms with E-state index in [9.17, 15) is 19.0 Å². The number of hydrogen-bond acceptors (Lipinski definition) is 5. The van der Waals surface area contributed by atoms with Gasteiger partial charge in [-0.2, -0.15) is 15.7 Å². The average Bonchev–Trinajstić information content (AvgIpc) is 3.41. The quantitative estimate of drug-likeness (QED) is 0.494. The second-order valence-electron chi connectivity index (χ2n) is 9.38. The van der Waals surface area contributed by atoms with Crippen molar-refractivity contribution >= 4 is 33.4 Å². The van der Waals surface area contributed by atoms with Crippen LogP contribution in [-0.4, -0.2) is 57.2 Å². The third kappa shape index (κ3) is 4.00. The largest absolute Gasteiger partial charge is 0.465 e. The molecule has 2 aromatic heterocycles. The molecule has 5 rings (SSSR count). The second kappa shape index (κ2) is 8.34. The summed E-state index contributed by atoms with van der Waals surface area (Å²) >= 11 is 0. The first kappa shape index (κ1) is 22.2. The van der Waals surface area contributed by atoms with Gasteiger partial charge in [0.1, 0.15) is 5.82 Å². The van der Waals surface area contributed by atoms with Crippen LogP contribution in [0.5, 0.6) is 0 Å². The molecule has 2 aliphatic heterocycles. The molecule has 2 unspecified atom stereocenters. The standard InChI is InChI=1S/C23H31N5O4S/c1-15(14-26-11-3-10-24-26)22-25-21-18-5-4-16(2)27(23(29)30)19(18)6-7-20(21)28(22)17-8-12-33(31,32)13-9-17/h3,6-7,10-11,15-17,31-32H,4-5,8-9,12-14H2,1-2H3,(H,29,30). The Labute approximate surface area is 194 Å². The number of rotatable bonds is 4. The first-order valence-corrected chi connectivity index (χ1v) is 13.4. The summed E-state index contributed by atoms with van der Waals surface area (Å²) in [6, 6.07) is 5.86. The molecule has 0 spiro atoms. The number of carboxylic acid groups (broad SMARTS) is 1. The predicted molar refractivity (Wildman–Crippen MR) is 130 cm³/mol. The van der Waals surface area contributed by atoms with Gasteiger partial charge in [0, 0.05) is 47.5 Å². The van der Waals surface area contributed by atoms with E-state index in [2.05, 4.69) is 16.6 Å². The molecule has 9 nitrogen and oxygen atoms in total. The number of anilines is 1. The summed E-state index contributed by atoms with van der Waals surface area (Å²) in [6.07, 6.45) is 5.68. The number of aromatic nitrogens is 4. The molecule has 0 aliphatic carbocycles. The van der Waals surface area contributed by atoms with Gasteiger partial charge in [-0.05, 0) is 50.8 Å². The minimum Gasteiger partial charge on any atom is -0.465 e. The zero-order valence-corrected chi connectivity index (χ0v) is 19.8. The number of imidazole rings is 1. The predicted octanol–water partition coefficient (Wildman–Crippen LogP) is 4.94. The lowest BCUT2D eigenvalue weighted by Crippen LogP contribution is -2.41. The highest BCUT2D eigenvalue weighted by atomic mass is 32.3. The molecule has 0 radical (unpaired) electrons. The summed E-state index contributed by atoms with van der Waals surface area (Å²) in [5.41, 5.74) is 3.58. The molecule has 1 amide bonds. The van der Waals surface area contributed by atoms with Gasteiger partial charge in [-0.15, -0.1) is 0 Å². The van der Waals surface area contributed by atoms with Gasteiger partial charge in [0.25, 0.3) is 0 Å². The Morgan fingerprint density at radius 3 is 2.67 bits per heavy atom. The summed E-state index contributed by atoms with van der Waals surface area (Å²) < 4.78 is 24.5. The molecular weight excluding hydrogens is 442 g/mol. The smallest absolute Gasteiger partial charge is 0.412 e. The van der Waals surface area contributed by atoms with Gasteiger partial charge in [-0.25, -0.2) is 9.78 Å². The Morgan fingerprint density at radius 1 is 1.24 bits per heavy atom.